The smallest absolute Gasteiger partial charge is 0.339 e. The number of rotatable bonds is 17. The molecule has 0 fully saturated rings. The number of carboxylic acid groups (broad SMARTS) is 1. The first kappa shape index (κ1) is 25.0. The lowest BCUT2D eigenvalue weighted by molar-refractivity contribution is 0.0692. The first-order chi connectivity index (χ1) is 14.1. The molecule has 164 valence electrons. The van der Waals surface area contributed by atoms with Crippen LogP contribution in [0.3, 0.4) is 0 Å². The van der Waals surface area contributed by atoms with Crippen molar-refractivity contribution < 1.29 is 19.4 Å². The fraction of sp³-hybridized carbons (Fsp3) is 0.667. The van der Waals surface area contributed by atoms with Crippen molar-refractivity contribution in [2.24, 2.45) is 0 Å². The second-order valence-electron chi connectivity index (χ2n) is 7.66. The summed E-state index contributed by atoms with van der Waals surface area (Å²) in [4.78, 5) is 23.9. The SMILES string of the molecule is CCCCCCCCNC(=O)c1ccc(OCCCCCCCC)c(C(=O)O)c1. The predicted octanol–water partition coefficient (Wildman–Crippen LogP) is 6.21. The van der Waals surface area contributed by atoms with Gasteiger partial charge in [-0.2, -0.15) is 0 Å². The summed E-state index contributed by atoms with van der Waals surface area (Å²) in [5, 5.41) is 12.4. The average Bonchev–Trinajstić information content (AvgIpc) is 2.72. The largest absolute Gasteiger partial charge is 0.493 e. The number of benzene rings is 1. The minimum atomic E-state index is -1.08. The molecule has 0 spiro atoms. The van der Waals surface area contributed by atoms with Crippen molar-refractivity contribution in [1.82, 2.24) is 5.32 Å². The second-order valence-corrected chi connectivity index (χ2v) is 7.66. The Morgan fingerprint density at radius 3 is 2.07 bits per heavy atom. The van der Waals surface area contributed by atoms with E-state index >= 15 is 0 Å². The Morgan fingerprint density at radius 1 is 0.862 bits per heavy atom. The van der Waals surface area contributed by atoms with E-state index in [0.717, 1.165) is 25.7 Å². The quantitative estimate of drug-likeness (QED) is 0.302. The average molecular weight is 406 g/mol. The molecule has 0 saturated heterocycles. The monoisotopic (exact) mass is 405 g/mol. The molecule has 0 bridgehead atoms. The molecule has 0 saturated carbocycles. The Morgan fingerprint density at radius 2 is 1.45 bits per heavy atom. The lowest BCUT2D eigenvalue weighted by Crippen LogP contribution is -2.24. The molecule has 1 aromatic carbocycles. The van der Waals surface area contributed by atoms with Gasteiger partial charge in [-0.15, -0.1) is 0 Å². The maximum atomic E-state index is 12.3. The van der Waals surface area contributed by atoms with E-state index < -0.39 is 5.97 Å². The van der Waals surface area contributed by atoms with Gasteiger partial charge in [0.2, 0.25) is 0 Å². The Bertz CT molecular complexity index is 601. The number of unbranched alkanes of at least 4 members (excludes halogenated alkanes) is 10. The van der Waals surface area contributed by atoms with Gasteiger partial charge in [-0.1, -0.05) is 78.1 Å². The van der Waals surface area contributed by atoms with Gasteiger partial charge in [-0.05, 0) is 31.0 Å². The van der Waals surface area contributed by atoms with Gasteiger partial charge < -0.3 is 15.2 Å². The number of aromatic carboxylic acids is 1. The highest BCUT2D eigenvalue weighted by molar-refractivity contribution is 5.98. The number of carbonyl (C=O) groups excluding carboxylic acids is 1. The van der Waals surface area contributed by atoms with Gasteiger partial charge in [-0.3, -0.25) is 4.79 Å². The number of hydrogen-bond donors (Lipinski definition) is 2. The number of nitrogens with one attached hydrogen (secondary N) is 1. The molecule has 29 heavy (non-hydrogen) atoms. The van der Waals surface area contributed by atoms with E-state index in [1.54, 1.807) is 12.1 Å². The zero-order valence-electron chi connectivity index (χ0n) is 18.3. The molecular formula is C24H39NO4. The summed E-state index contributed by atoms with van der Waals surface area (Å²) in [5.41, 5.74) is 0.406. The lowest BCUT2D eigenvalue weighted by Gasteiger charge is -2.11. The number of carboxylic acids is 1. The summed E-state index contributed by atoms with van der Waals surface area (Å²) in [6.07, 6.45) is 13.9. The number of carbonyl (C=O) groups is 2. The van der Waals surface area contributed by atoms with E-state index in [0.29, 0.717) is 24.5 Å². The highest BCUT2D eigenvalue weighted by Crippen LogP contribution is 2.21. The van der Waals surface area contributed by atoms with E-state index in [1.165, 1.54) is 57.4 Å². The topological polar surface area (TPSA) is 75.6 Å². The Kier molecular flexibility index (Phi) is 13.6. The van der Waals surface area contributed by atoms with Crippen LogP contribution in [0.4, 0.5) is 0 Å². The zero-order valence-corrected chi connectivity index (χ0v) is 18.3. The molecule has 0 unspecified atom stereocenters. The van der Waals surface area contributed by atoms with Crippen molar-refractivity contribution in [2.75, 3.05) is 13.2 Å². The summed E-state index contributed by atoms with van der Waals surface area (Å²) in [6, 6.07) is 4.65. The minimum Gasteiger partial charge on any atom is -0.493 e. The molecule has 5 heteroatoms. The normalized spacial score (nSPS) is 10.7. The highest BCUT2D eigenvalue weighted by atomic mass is 16.5. The molecule has 0 atom stereocenters. The molecule has 0 aliphatic rings. The van der Waals surface area contributed by atoms with Crippen LogP contribution in [0.25, 0.3) is 0 Å². The third-order valence-electron chi connectivity index (χ3n) is 5.04. The van der Waals surface area contributed by atoms with Gasteiger partial charge in [-0.25, -0.2) is 4.79 Å². The molecule has 5 nitrogen and oxygen atoms in total. The van der Waals surface area contributed by atoms with E-state index in [2.05, 4.69) is 19.2 Å². The van der Waals surface area contributed by atoms with Crippen molar-refractivity contribution in [3.8, 4) is 5.75 Å². The van der Waals surface area contributed by atoms with Gasteiger partial charge in [0.15, 0.2) is 0 Å². The molecule has 0 aliphatic heterocycles. The zero-order chi connectivity index (χ0) is 21.3. The van der Waals surface area contributed by atoms with Crippen LogP contribution in [0.1, 0.15) is 112 Å². The van der Waals surface area contributed by atoms with Gasteiger partial charge >= 0.3 is 5.97 Å². The van der Waals surface area contributed by atoms with E-state index in [9.17, 15) is 14.7 Å². The minimum absolute atomic E-state index is 0.0446. The molecular weight excluding hydrogens is 366 g/mol. The maximum absolute atomic E-state index is 12.3. The summed E-state index contributed by atoms with van der Waals surface area (Å²) >= 11 is 0. The first-order valence-corrected chi connectivity index (χ1v) is 11.4. The van der Waals surface area contributed by atoms with Gasteiger partial charge in [0.05, 0.1) is 6.61 Å². The van der Waals surface area contributed by atoms with Crippen LogP contribution in [0, 0.1) is 0 Å². The van der Waals surface area contributed by atoms with Crippen LogP contribution in [0.2, 0.25) is 0 Å². The van der Waals surface area contributed by atoms with Crippen molar-refractivity contribution >= 4 is 11.9 Å². The Labute approximate surface area is 176 Å². The molecule has 1 amide bonds. The summed E-state index contributed by atoms with van der Waals surface area (Å²) in [6.45, 7) is 5.49. The summed E-state index contributed by atoms with van der Waals surface area (Å²) in [5.74, 6) is -0.976. The molecule has 0 radical (unpaired) electrons. The highest BCUT2D eigenvalue weighted by Gasteiger charge is 2.15. The molecule has 1 rings (SSSR count). The van der Waals surface area contributed by atoms with Crippen LogP contribution < -0.4 is 10.1 Å². The van der Waals surface area contributed by atoms with Crippen LogP contribution in [0.5, 0.6) is 5.75 Å². The Hall–Kier alpha value is -2.04. The summed E-state index contributed by atoms with van der Waals surface area (Å²) < 4.78 is 5.67. The molecule has 0 aliphatic carbocycles. The van der Waals surface area contributed by atoms with Gasteiger partial charge in [0, 0.05) is 12.1 Å². The maximum Gasteiger partial charge on any atom is 0.339 e. The van der Waals surface area contributed by atoms with E-state index in [-0.39, 0.29) is 11.5 Å². The second kappa shape index (κ2) is 15.8. The van der Waals surface area contributed by atoms with E-state index in [1.807, 2.05) is 0 Å². The Balaban J connectivity index is 2.43. The van der Waals surface area contributed by atoms with Crippen molar-refractivity contribution in [2.45, 2.75) is 90.9 Å². The number of hydrogen-bond acceptors (Lipinski definition) is 3. The molecule has 2 N–H and O–H groups in total. The van der Waals surface area contributed by atoms with Crippen LogP contribution in [-0.2, 0) is 0 Å². The standard InChI is InChI=1S/C24H39NO4/c1-3-5-7-9-11-13-17-25-23(26)20-15-16-22(21(19-20)24(27)28)29-18-14-12-10-8-6-4-2/h15-16,19H,3-14,17-18H2,1-2H3,(H,25,26)(H,27,28). The van der Waals surface area contributed by atoms with Crippen LogP contribution in [0.15, 0.2) is 18.2 Å². The number of ether oxygens (including phenoxy) is 1. The van der Waals surface area contributed by atoms with Gasteiger partial charge in [0.25, 0.3) is 5.91 Å². The summed E-state index contributed by atoms with van der Waals surface area (Å²) in [7, 11) is 0. The third-order valence-corrected chi connectivity index (χ3v) is 5.04. The van der Waals surface area contributed by atoms with Crippen LogP contribution >= 0.6 is 0 Å². The van der Waals surface area contributed by atoms with Crippen molar-refractivity contribution in [1.29, 1.82) is 0 Å². The lowest BCUT2D eigenvalue weighted by atomic mass is 10.1. The third kappa shape index (κ3) is 10.9. The molecule has 1 aromatic rings. The fourth-order valence-corrected chi connectivity index (χ4v) is 3.24. The van der Waals surface area contributed by atoms with E-state index in [4.69, 9.17) is 4.74 Å². The van der Waals surface area contributed by atoms with Crippen LogP contribution in [-0.4, -0.2) is 30.1 Å². The molecule has 0 aromatic heterocycles. The molecule has 0 heterocycles. The predicted molar refractivity (Wildman–Crippen MR) is 118 cm³/mol. The number of amides is 1. The van der Waals surface area contributed by atoms with Gasteiger partial charge in [0.1, 0.15) is 11.3 Å². The van der Waals surface area contributed by atoms with Crippen molar-refractivity contribution in [3.05, 3.63) is 29.3 Å². The first-order valence-electron chi connectivity index (χ1n) is 11.4. The van der Waals surface area contributed by atoms with Crippen molar-refractivity contribution in [3.63, 3.8) is 0 Å². The fourth-order valence-electron chi connectivity index (χ4n) is 3.24.